The van der Waals surface area contributed by atoms with Gasteiger partial charge in [-0.3, -0.25) is 4.79 Å². The summed E-state index contributed by atoms with van der Waals surface area (Å²) in [6.45, 7) is 5.16. The Morgan fingerprint density at radius 2 is 1.83 bits per heavy atom. The van der Waals surface area contributed by atoms with Gasteiger partial charge in [-0.1, -0.05) is 38.1 Å². The maximum absolute atomic E-state index is 11.8. The summed E-state index contributed by atoms with van der Waals surface area (Å²) in [4.78, 5) is 15.9. The van der Waals surface area contributed by atoms with Crippen molar-refractivity contribution in [2.24, 2.45) is 10.7 Å². The van der Waals surface area contributed by atoms with Crippen molar-refractivity contribution in [1.82, 2.24) is 0 Å². The average Bonchev–Trinajstić information content (AvgIpc) is 3.08. The van der Waals surface area contributed by atoms with Crippen LogP contribution in [0.1, 0.15) is 37.3 Å². The first-order chi connectivity index (χ1) is 14.5. The third kappa shape index (κ3) is 5.36. The molecule has 3 rings (SSSR count). The van der Waals surface area contributed by atoms with Crippen molar-refractivity contribution >= 4 is 28.9 Å². The highest BCUT2D eigenvalue weighted by atomic mass is 32.2. The molecule has 2 aromatic rings. The molecule has 0 unspecified atom stereocenters. The van der Waals surface area contributed by atoms with Gasteiger partial charge < -0.3 is 19.9 Å². The lowest BCUT2D eigenvalue weighted by Gasteiger charge is -2.16. The maximum Gasteiger partial charge on any atom is 0.286 e. The number of nitrogens with two attached hydrogens (primary N) is 1. The van der Waals surface area contributed by atoms with Crippen LogP contribution < -0.4 is 19.9 Å². The first-order valence-electron chi connectivity index (χ1n) is 9.82. The highest BCUT2D eigenvalue weighted by molar-refractivity contribution is 8.18. The summed E-state index contributed by atoms with van der Waals surface area (Å²) in [5, 5.41) is 0.257. The smallest absolute Gasteiger partial charge is 0.286 e. The molecule has 1 atom stereocenters. The van der Waals surface area contributed by atoms with Crippen LogP contribution in [-0.2, 0) is 4.79 Å². The zero-order valence-electron chi connectivity index (χ0n) is 17.4. The van der Waals surface area contributed by atoms with Crippen molar-refractivity contribution in [3.63, 3.8) is 0 Å². The summed E-state index contributed by atoms with van der Waals surface area (Å²) in [6, 6.07) is 13.6. The van der Waals surface area contributed by atoms with Crippen LogP contribution in [0.4, 0.5) is 0 Å². The number of aliphatic imine (C=N–C) groups is 1. The number of hydrogen-bond acceptors (Lipinski definition) is 6. The van der Waals surface area contributed by atoms with Crippen LogP contribution in [0, 0.1) is 0 Å². The van der Waals surface area contributed by atoms with E-state index in [1.54, 1.807) is 13.2 Å². The summed E-state index contributed by atoms with van der Waals surface area (Å²) >= 11 is 1.16. The Morgan fingerprint density at radius 3 is 2.50 bits per heavy atom. The number of thioether (sulfide) groups is 1. The quantitative estimate of drug-likeness (QED) is 0.466. The summed E-state index contributed by atoms with van der Waals surface area (Å²) in [6.07, 6.45) is 2.79. The molecular weight excluding hydrogens is 400 g/mol. The van der Waals surface area contributed by atoms with E-state index in [2.05, 4.69) is 24.9 Å². The zero-order valence-corrected chi connectivity index (χ0v) is 18.2. The number of rotatable bonds is 9. The first kappa shape index (κ1) is 21.8. The van der Waals surface area contributed by atoms with Crippen molar-refractivity contribution in [3.05, 3.63) is 58.5 Å². The van der Waals surface area contributed by atoms with E-state index in [0.717, 1.165) is 29.5 Å². The van der Waals surface area contributed by atoms with Crippen molar-refractivity contribution in [1.29, 1.82) is 0 Å². The Morgan fingerprint density at radius 1 is 1.10 bits per heavy atom. The van der Waals surface area contributed by atoms with Crippen LogP contribution in [0.25, 0.3) is 6.08 Å². The van der Waals surface area contributed by atoms with Crippen molar-refractivity contribution in [2.45, 2.75) is 26.2 Å². The molecule has 158 valence electrons. The normalized spacial score (nSPS) is 15.8. The van der Waals surface area contributed by atoms with Crippen LogP contribution >= 0.6 is 11.8 Å². The van der Waals surface area contributed by atoms with E-state index in [-0.39, 0.29) is 11.1 Å². The molecule has 6 nitrogen and oxygen atoms in total. The molecule has 2 aromatic carbocycles. The third-order valence-electron chi connectivity index (χ3n) is 4.78. The van der Waals surface area contributed by atoms with E-state index in [0.29, 0.717) is 35.5 Å². The second-order valence-electron chi connectivity index (χ2n) is 6.82. The fourth-order valence-corrected chi connectivity index (χ4v) is 3.69. The van der Waals surface area contributed by atoms with E-state index in [1.807, 2.05) is 36.4 Å². The Hall–Kier alpha value is -2.93. The van der Waals surface area contributed by atoms with Crippen molar-refractivity contribution in [2.75, 3.05) is 20.3 Å². The van der Waals surface area contributed by atoms with E-state index in [9.17, 15) is 4.79 Å². The number of para-hydroxylation sites is 1. The largest absolute Gasteiger partial charge is 0.493 e. The fourth-order valence-electron chi connectivity index (χ4n) is 3.01. The zero-order chi connectivity index (χ0) is 21.5. The van der Waals surface area contributed by atoms with Gasteiger partial charge in [0, 0.05) is 0 Å². The molecule has 1 aliphatic rings. The third-order valence-corrected chi connectivity index (χ3v) is 5.60. The molecule has 1 amide bonds. The minimum atomic E-state index is -0.327. The van der Waals surface area contributed by atoms with Crippen LogP contribution in [0.2, 0.25) is 0 Å². The van der Waals surface area contributed by atoms with Gasteiger partial charge in [-0.15, -0.1) is 0 Å². The van der Waals surface area contributed by atoms with E-state index in [1.165, 1.54) is 5.56 Å². The van der Waals surface area contributed by atoms with Gasteiger partial charge in [0.05, 0.1) is 12.0 Å². The lowest BCUT2D eigenvalue weighted by molar-refractivity contribution is -0.113. The maximum atomic E-state index is 11.8. The number of amides is 1. The molecule has 30 heavy (non-hydrogen) atoms. The molecule has 0 saturated heterocycles. The van der Waals surface area contributed by atoms with Crippen LogP contribution in [0.15, 0.2) is 52.4 Å². The molecular formula is C23H26N2O4S. The molecule has 7 heteroatoms. The van der Waals surface area contributed by atoms with Crippen LogP contribution in [0.3, 0.4) is 0 Å². The number of methoxy groups -OCH3 is 1. The number of carbonyl (C=O) groups excluding carboxylic acids is 1. The Bertz CT molecular complexity index is 971. The molecule has 0 spiro atoms. The SMILES string of the molecule is CC[C@H](C)c1ccccc1OCCOc1ccc(/C=C2/SC(N)=NC2=O)cc1OC. The van der Waals surface area contributed by atoms with Gasteiger partial charge in [-0.2, -0.15) is 4.99 Å². The van der Waals surface area contributed by atoms with Gasteiger partial charge in [-0.05, 0) is 59.5 Å². The summed E-state index contributed by atoms with van der Waals surface area (Å²) < 4.78 is 17.2. The number of benzene rings is 2. The highest BCUT2D eigenvalue weighted by Crippen LogP contribution is 2.32. The van der Waals surface area contributed by atoms with Gasteiger partial charge in [0.15, 0.2) is 16.7 Å². The van der Waals surface area contributed by atoms with Gasteiger partial charge in [0.25, 0.3) is 5.91 Å². The second kappa shape index (κ2) is 10.2. The predicted molar refractivity (Wildman–Crippen MR) is 121 cm³/mol. The Balaban J connectivity index is 1.60. The molecule has 0 saturated carbocycles. The van der Waals surface area contributed by atoms with Gasteiger partial charge >= 0.3 is 0 Å². The lowest BCUT2D eigenvalue weighted by Crippen LogP contribution is -2.11. The predicted octanol–water partition coefficient (Wildman–Crippen LogP) is 4.60. The monoisotopic (exact) mass is 426 g/mol. The lowest BCUT2D eigenvalue weighted by atomic mass is 9.98. The fraction of sp³-hybridized carbons (Fsp3) is 0.304. The minimum absolute atomic E-state index is 0.257. The molecule has 1 heterocycles. The number of carbonyl (C=O) groups is 1. The van der Waals surface area contributed by atoms with Gasteiger partial charge in [-0.25, -0.2) is 0 Å². The van der Waals surface area contributed by atoms with E-state index < -0.39 is 0 Å². The topological polar surface area (TPSA) is 83.1 Å². The summed E-state index contributed by atoms with van der Waals surface area (Å²) in [5.41, 5.74) is 7.60. The molecule has 0 bridgehead atoms. The standard InChI is InChI=1S/C23H26N2O4S/c1-4-15(2)17-7-5-6-8-18(17)28-11-12-29-19-10-9-16(13-20(19)27-3)14-21-22(26)25-23(24)30-21/h5-10,13-15H,4,11-12H2,1-3H3,(H2,24,25,26)/b21-14+/t15-/m0/s1. The van der Waals surface area contributed by atoms with E-state index in [4.69, 9.17) is 19.9 Å². The molecule has 0 radical (unpaired) electrons. The number of ether oxygens (including phenoxy) is 3. The molecule has 1 aliphatic heterocycles. The summed E-state index contributed by atoms with van der Waals surface area (Å²) in [7, 11) is 1.58. The summed E-state index contributed by atoms with van der Waals surface area (Å²) in [5.74, 6) is 2.19. The number of amidine groups is 1. The second-order valence-corrected chi connectivity index (χ2v) is 7.88. The molecule has 2 N–H and O–H groups in total. The van der Waals surface area contributed by atoms with Crippen LogP contribution in [-0.4, -0.2) is 31.4 Å². The molecule has 0 aromatic heterocycles. The Kier molecular flexibility index (Phi) is 7.41. The van der Waals surface area contributed by atoms with Crippen molar-refractivity contribution < 1.29 is 19.0 Å². The van der Waals surface area contributed by atoms with Crippen LogP contribution in [0.5, 0.6) is 17.2 Å². The molecule has 0 aliphatic carbocycles. The minimum Gasteiger partial charge on any atom is -0.493 e. The van der Waals surface area contributed by atoms with E-state index >= 15 is 0 Å². The average molecular weight is 427 g/mol. The van der Waals surface area contributed by atoms with Gasteiger partial charge in [0.2, 0.25) is 0 Å². The number of nitrogens with zero attached hydrogens (tertiary/aromatic N) is 1. The first-order valence-corrected chi connectivity index (χ1v) is 10.6. The Labute approximate surface area is 181 Å². The number of hydrogen-bond donors (Lipinski definition) is 1. The van der Waals surface area contributed by atoms with Crippen molar-refractivity contribution in [3.8, 4) is 17.2 Å². The van der Waals surface area contributed by atoms with Gasteiger partial charge in [0.1, 0.15) is 19.0 Å². The highest BCUT2D eigenvalue weighted by Gasteiger charge is 2.19. The molecule has 0 fully saturated rings.